The predicted octanol–water partition coefficient (Wildman–Crippen LogP) is 6.57. The topological polar surface area (TPSA) is 143 Å². The number of carbonyl (C=O) groups is 3. The number of hydrogen-bond acceptors (Lipinski definition) is 6. The highest BCUT2D eigenvalue weighted by molar-refractivity contribution is 7.89. The zero-order chi connectivity index (χ0) is 37.7. The van der Waals surface area contributed by atoms with Crippen molar-refractivity contribution in [1.29, 1.82) is 0 Å². The van der Waals surface area contributed by atoms with Crippen molar-refractivity contribution in [2.75, 3.05) is 7.05 Å². The summed E-state index contributed by atoms with van der Waals surface area (Å²) >= 11 is 0. The van der Waals surface area contributed by atoms with Crippen molar-refractivity contribution >= 4 is 38.6 Å². The number of nitrogens with one attached hydrogen (secondary N) is 1. The van der Waals surface area contributed by atoms with Gasteiger partial charge in [0.15, 0.2) is 0 Å². The molecule has 0 aliphatic carbocycles. The van der Waals surface area contributed by atoms with Gasteiger partial charge in [0.25, 0.3) is 21.8 Å². The van der Waals surface area contributed by atoms with Crippen LogP contribution in [0.15, 0.2) is 138 Å². The van der Waals surface area contributed by atoms with Gasteiger partial charge >= 0.3 is 0 Å². The highest BCUT2D eigenvalue weighted by Gasteiger charge is 2.44. The monoisotopic (exact) mass is 728 g/mol. The van der Waals surface area contributed by atoms with Crippen molar-refractivity contribution in [2.24, 2.45) is 5.73 Å². The van der Waals surface area contributed by atoms with E-state index in [0.29, 0.717) is 32.5 Å². The molecule has 2 atom stereocenters. The highest BCUT2D eigenvalue weighted by atomic mass is 32.2. The van der Waals surface area contributed by atoms with Gasteiger partial charge < -0.3 is 20.4 Å². The molecule has 53 heavy (non-hydrogen) atoms. The van der Waals surface area contributed by atoms with Crippen LogP contribution in [0, 0.1) is 13.8 Å². The quantitative estimate of drug-likeness (QED) is 0.138. The van der Waals surface area contributed by atoms with E-state index in [9.17, 15) is 18.0 Å². The van der Waals surface area contributed by atoms with Crippen LogP contribution in [0.1, 0.15) is 32.6 Å². The SMILES string of the molecule is Cc1cc(C)cc(C(=O)N(C)[C@@H](Cc2ccc(Oc3ccccc3)cc2)C(=O)N([C@@H](Cc2c[nH]c3ccccc23)C(N)=O)S(=O)(=O)c2ccccc2)c1. The molecule has 0 fully saturated rings. The molecule has 0 radical (unpaired) electrons. The van der Waals surface area contributed by atoms with Crippen LogP contribution in [0.5, 0.6) is 11.5 Å². The highest BCUT2D eigenvalue weighted by Crippen LogP contribution is 2.28. The first-order valence-corrected chi connectivity index (χ1v) is 18.5. The number of benzene rings is 5. The van der Waals surface area contributed by atoms with E-state index in [1.807, 2.05) is 74.5 Å². The Kier molecular flexibility index (Phi) is 10.8. The second-order valence-electron chi connectivity index (χ2n) is 13.0. The summed E-state index contributed by atoms with van der Waals surface area (Å²) in [4.78, 5) is 46.9. The zero-order valence-corrected chi connectivity index (χ0v) is 30.4. The van der Waals surface area contributed by atoms with Gasteiger partial charge in [0.05, 0.1) is 4.90 Å². The predicted molar refractivity (Wildman–Crippen MR) is 204 cm³/mol. The van der Waals surface area contributed by atoms with Crippen molar-refractivity contribution in [1.82, 2.24) is 14.2 Å². The standard InChI is InChI=1S/C42H40N4O6S/c1-28-22-29(2)24-31(23-28)41(48)45(3)39(25-30-18-20-34(21-19-30)52-33-12-6-4-7-13-33)42(49)46(53(50,51)35-14-8-5-9-15-35)38(40(43)47)26-32-27-44-37-17-11-10-16-36(32)37/h4-24,27,38-39,44H,25-26H2,1-3H3,(H2,43,47)/t38-,39-/m0/s1. The molecule has 0 saturated carbocycles. The summed E-state index contributed by atoms with van der Waals surface area (Å²) in [7, 11) is -3.24. The molecule has 10 nitrogen and oxygen atoms in total. The van der Waals surface area contributed by atoms with Gasteiger partial charge in [0.2, 0.25) is 5.91 Å². The molecule has 3 N–H and O–H groups in total. The van der Waals surface area contributed by atoms with Gasteiger partial charge in [-0.1, -0.05) is 83.9 Å². The third kappa shape index (κ3) is 8.15. The van der Waals surface area contributed by atoms with Crippen LogP contribution in [-0.4, -0.2) is 59.5 Å². The molecule has 6 aromatic rings. The smallest absolute Gasteiger partial charge is 0.267 e. The van der Waals surface area contributed by atoms with E-state index in [2.05, 4.69) is 4.98 Å². The van der Waals surface area contributed by atoms with E-state index < -0.39 is 39.8 Å². The lowest BCUT2D eigenvalue weighted by Gasteiger charge is -2.35. The minimum absolute atomic E-state index is 0.0864. The Balaban J connectivity index is 1.44. The number of likely N-dealkylation sites (N-methyl/N-ethyl adjacent to an activating group) is 1. The van der Waals surface area contributed by atoms with E-state index in [1.54, 1.807) is 48.7 Å². The van der Waals surface area contributed by atoms with Gasteiger partial charge in [0.1, 0.15) is 23.6 Å². The third-order valence-electron chi connectivity index (χ3n) is 9.09. The van der Waals surface area contributed by atoms with Crippen molar-refractivity contribution in [3.05, 3.63) is 161 Å². The summed E-state index contributed by atoms with van der Waals surface area (Å²) in [5.41, 5.74) is 10.0. The van der Waals surface area contributed by atoms with E-state index in [4.69, 9.17) is 10.5 Å². The van der Waals surface area contributed by atoms with Crippen LogP contribution in [-0.2, 0) is 32.5 Å². The number of aryl methyl sites for hydroxylation is 2. The van der Waals surface area contributed by atoms with Gasteiger partial charge in [-0.05, 0) is 79.6 Å². The van der Waals surface area contributed by atoms with Crippen LogP contribution in [0.25, 0.3) is 10.9 Å². The summed E-state index contributed by atoms with van der Waals surface area (Å²) < 4.78 is 35.7. The van der Waals surface area contributed by atoms with Gasteiger partial charge in [-0.25, -0.2) is 12.7 Å². The number of nitrogens with two attached hydrogens (primary N) is 1. The summed E-state index contributed by atoms with van der Waals surface area (Å²) in [6, 6.07) is 33.3. The fourth-order valence-electron chi connectivity index (χ4n) is 6.48. The molecule has 11 heteroatoms. The molecule has 1 aromatic heterocycles. The van der Waals surface area contributed by atoms with Crippen molar-refractivity contribution in [2.45, 2.75) is 43.7 Å². The number of ether oxygens (including phenoxy) is 1. The largest absolute Gasteiger partial charge is 0.457 e. The van der Waals surface area contributed by atoms with Crippen LogP contribution < -0.4 is 10.5 Å². The Morgan fingerprint density at radius 2 is 1.32 bits per heavy atom. The number of rotatable bonds is 13. The molecule has 3 amide bonds. The first kappa shape index (κ1) is 36.6. The normalized spacial score (nSPS) is 12.5. The maximum absolute atomic E-state index is 15.1. The summed E-state index contributed by atoms with van der Waals surface area (Å²) in [6.07, 6.45) is 1.38. The average Bonchev–Trinajstić information content (AvgIpc) is 3.56. The molecule has 0 bridgehead atoms. The first-order valence-electron chi connectivity index (χ1n) is 17.1. The van der Waals surface area contributed by atoms with Crippen molar-refractivity contribution in [3.63, 3.8) is 0 Å². The Hall–Kier alpha value is -6.20. The molecular formula is C42H40N4O6S. The minimum atomic E-state index is -4.70. The maximum atomic E-state index is 15.1. The van der Waals surface area contributed by atoms with Crippen LogP contribution >= 0.6 is 0 Å². The van der Waals surface area contributed by atoms with Gasteiger partial charge in [-0.15, -0.1) is 0 Å². The summed E-state index contributed by atoms with van der Waals surface area (Å²) in [5, 5.41) is 0.750. The lowest BCUT2D eigenvalue weighted by Crippen LogP contribution is -2.58. The molecule has 270 valence electrons. The Morgan fingerprint density at radius 3 is 1.96 bits per heavy atom. The van der Waals surface area contributed by atoms with Gasteiger partial charge in [-0.2, -0.15) is 0 Å². The van der Waals surface area contributed by atoms with E-state index in [0.717, 1.165) is 22.0 Å². The molecule has 0 aliphatic rings. The van der Waals surface area contributed by atoms with Gasteiger partial charge in [-0.3, -0.25) is 14.4 Å². The molecule has 5 aromatic carbocycles. The number of para-hydroxylation sites is 2. The van der Waals surface area contributed by atoms with Crippen LogP contribution in [0.2, 0.25) is 0 Å². The van der Waals surface area contributed by atoms with Crippen LogP contribution in [0.3, 0.4) is 0 Å². The van der Waals surface area contributed by atoms with E-state index >= 15 is 4.79 Å². The number of sulfonamides is 1. The lowest BCUT2D eigenvalue weighted by molar-refractivity contribution is -0.137. The summed E-state index contributed by atoms with van der Waals surface area (Å²) in [6.45, 7) is 3.73. The molecule has 6 rings (SSSR count). The Bertz CT molecular complexity index is 2340. The summed E-state index contributed by atoms with van der Waals surface area (Å²) in [5.74, 6) is -1.32. The van der Waals surface area contributed by atoms with E-state index in [-0.39, 0.29) is 17.7 Å². The van der Waals surface area contributed by atoms with Crippen molar-refractivity contribution < 1.29 is 27.5 Å². The number of primary amides is 1. The Morgan fingerprint density at radius 1 is 0.736 bits per heavy atom. The molecule has 1 heterocycles. The Labute approximate surface area is 308 Å². The van der Waals surface area contributed by atoms with Crippen molar-refractivity contribution in [3.8, 4) is 11.5 Å². The number of aromatic amines is 1. The first-order chi connectivity index (χ1) is 25.4. The molecule has 0 unspecified atom stereocenters. The zero-order valence-electron chi connectivity index (χ0n) is 29.6. The molecule has 0 spiro atoms. The number of amides is 3. The third-order valence-corrected chi connectivity index (χ3v) is 10.9. The second-order valence-corrected chi connectivity index (χ2v) is 14.8. The number of H-pyrrole nitrogens is 1. The van der Waals surface area contributed by atoms with Gasteiger partial charge in [0, 0.05) is 42.6 Å². The lowest BCUT2D eigenvalue weighted by atomic mass is 10.00. The average molecular weight is 729 g/mol. The number of aromatic nitrogens is 1. The minimum Gasteiger partial charge on any atom is -0.457 e. The number of hydrogen-bond donors (Lipinski definition) is 2. The molecule has 0 saturated heterocycles. The number of nitrogens with zero attached hydrogens (tertiary/aromatic N) is 2. The fraction of sp³-hybridized carbons (Fsp3) is 0.167. The molecule has 0 aliphatic heterocycles. The van der Waals surface area contributed by atoms with E-state index in [1.165, 1.54) is 36.2 Å². The number of fused-ring (bicyclic) bond motifs is 1. The van der Waals surface area contributed by atoms with Crippen LogP contribution in [0.4, 0.5) is 0 Å². The second kappa shape index (κ2) is 15.6. The fourth-order valence-corrected chi connectivity index (χ4v) is 8.08. The number of carbonyl (C=O) groups excluding carboxylic acids is 3. The maximum Gasteiger partial charge on any atom is 0.267 e. The molecular weight excluding hydrogens is 689 g/mol.